The van der Waals surface area contributed by atoms with Crippen molar-refractivity contribution in [3.8, 4) is 11.4 Å². The van der Waals surface area contributed by atoms with Crippen LogP contribution in [0.4, 0.5) is 5.82 Å². The number of anilines is 1. The molecule has 8 nitrogen and oxygen atoms in total. The average Bonchev–Trinajstić information content (AvgIpc) is 3.50. The van der Waals surface area contributed by atoms with Crippen molar-refractivity contribution in [2.24, 2.45) is 0 Å². The zero-order chi connectivity index (χ0) is 24.7. The van der Waals surface area contributed by atoms with Crippen molar-refractivity contribution in [1.82, 2.24) is 19.5 Å². The quantitative estimate of drug-likeness (QED) is 0.371. The highest BCUT2D eigenvalue weighted by atomic mass is 32.2. The first-order chi connectivity index (χ1) is 16.7. The third-order valence-corrected chi connectivity index (χ3v) is 7.54. The SMILES string of the molecule is CCc1nc(Cn2c(-c3ccc(N4[C@@H](C)CC[C@@H]4C)nc3)nc3cc(CS(C)(=O)=O)ccc32)co1. The van der Waals surface area contributed by atoms with Gasteiger partial charge in [-0.15, -0.1) is 0 Å². The molecule has 0 amide bonds. The van der Waals surface area contributed by atoms with E-state index in [1.165, 1.54) is 19.1 Å². The number of nitrogens with zero attached hydrogens (tertiary/aromatic N) is 5. The highest BCUT2D eigenvalue weighted by Crippen LogP contribution is 2.31. The molecule has 2 atom stereocenters. The number of fused-ring (bicyclic) bond motifs is 1. The Hall–Kier alpha value is -3.20. The fourth-order valence-electron chi connectivity index (χ4n) is 5.01. The molecule has 0 spiro atoms. The van der Waals surface area contributed by atoms with E-state index in [1.807, 2.05) is 31.3 Å². The molecule has 1 aliphatic heterocycles. The molecule has 0 radical (unpaired) electrons. The molecular weight excluding hydrogens is 462 g/mol. The number of hydrogen-bond acceptors (Lipinski definition) is 7. The van der Waals surface area contributed by atoms with Crippen LogP contribution < -0.4 is 4.90 Å². The smallest absolute Gasteiger partial charge is 0.193 e. The van der Waals surface area contributed by atoms with Crippen LogP contribution in [0.2, 0.25) is 0 Å². The number of sulfone groups is 1. The van der Waals surface area contributed by atoms with Gasteiger partial charge in [-0.3, -0.25) is 0 Å². The van der Waals surface area contributed by atoms with Crippen molar-refractivity contribution in [2.75, 3.05) is 11.2 Å². The Kier molecular flexibility index (Phi) is 6.13. The molecule has 0 unspecified atom stereocenters. The van der Waals surface area contributed by atoms with E-state index in [9.17, 15) is 8.42 Å². The maximum absolute atomic E-state index is 11.8. The van der Waals surface area contributed by atoms with Gasteiger partial charge in [-0.1, -0.05) is 13.0 Å². The number of aromatic nitrogens is 4. The molecule has 0 saturated carbocycles. The second kappa shape index (κ2) is 9.11. The maximum atomic E-state index is 11.8. The van der Waals surface area contributed by atoms with Crippen LogP contribution in [0.3, 0.4) is 0 Å². The zero-order valence-corrected chi connectivity index (χ0v) is 21.4. The predicted octanol–water partition coefficient (Wildman–Crippen LogP) is 4.62. The topological polar surface area (TPSA) is 94.1 Å². The Labute approximate surface area is 205 Å². The summed E-state index contributed by atoms with van der Waals surface area (Å²) in [5.41, 5.74) is 4.08. The molecule has 4 heterocycles. The normalized spacial score (nSPS) is 18.6. The summed E-state index contributed by atoms with van der Waals surface area (Å²) in [6.45, 7) is 6.99. The maximum Gasteiger partial charge on any atom is 0.193 e. The fraction of sp³-hybridized carbons (Fsp3) is 0.423. The van der Waals surface area contributed by atoms with Gasteiger partial charge in [-0.2, -0.15) is 0 Å². The molecule has 1 fully saturated rings. The van der Waals surface area contributed by atoms with Gasteiger partial charge in [0.15, 0.2) is 15.7 Å². The van der Waals surface area contributed by atoms with Gasteiger partial charge >= 0.3 is 0 Å². The van der Waals surface area contributed by atoms with Gasteiger partial charge in [-0.05, 0) is 56.5 Å². The number of benzene rings is 1. The van der Waals surface area contributed by atoms with E-state index in [4.69, 9.17) is 14.4 Å². The molecule has 35 heavy (non-hydrogen) atoms. The zero-order valence-electron chi connectivity index (χ0n) is 20.6. The first kappa shape index (κ1) is 23.5. The lowest BCUT2D eigenvalue weighted by molar-refractivity contribution is 0.501. The van der Waals surface area contributed by atoms with E-state index < -0.39 is 9.84 Å². The Morgan fingerprint density at radius 3 is 2.49 bits per heavy atom. The van der Waals surface area contributed by atoms with Gasteiger partial charge in [0.1, 0.15) is 17.9 Å². The van der Waals surface area contributed by atoms with E-state index in [0.29, 0.717) is 24.5 Å². The summed E-state index contributed by atoms with van der Waals surface area (Å²) in [6, 6.07) is 10.7. The standard InChI is InChI=1S/C26H31N5O3S/c1-5-25-28-21(15-34-25)14-30-23-10-8-19(16-35(4,32)33)12-22(23)29-26(30)20-9-11-24(27-13-20)31-17(2)6-7-18(31)3/h8-13,15,17-18H,5-7,14,16H2,1-4H3/t17-,18-/m0/s1. The molecule has 0 aliphatic carbocycles. The Bertz CT molecular complexity index is 1450. The minimum atomic E-state index is -3.14. The van der Waals surface area contributed by atoms with E-state index in [1.54, 1.807) is 6.26 Å². The highest BCUT2D eigenvalue weighted by Gasteiger charge is 2.28. The van der Waals surface area contributed by atoms with E-state index >= 15 is 0 Å². The first-order valence-corrected chi connectivity index (χ1v) is 14.1. The van der Waals surface area contributed by atoms with Gasteiger partial charge in [0.2, 0.25) is 0 Å². The Morgan fingerprint density at radius 1 is 1.09 bits per heavy atom. The van der Waals surface area contributed by atoms with Crippen molar-refractivity contribution < 1.29 is 12.8 Å². The monoisotopic (exact) mass is 493 g/mol. The van der Waals surface area contributed by atoms with Crippen molar-refractivity contribution >= 4 is 26.7 Å². The third-order valence-electron chi connectivity index (χ3n) is 6.69. The summed E-state index contributed by atoms with van der Waals surface area (Å²) in [5, 5.41) is 0. The predicted molar refractivity (Wildman–Crippen MR) is 137 cm³/mol. The number of oxazole rings is 1. The van der Waals surface area contributed by atoms with Crippen LogP contribution in [0.15, 0.2) is 47.2 Å². The van der Waals surface area contributed by atoms with Crippen molar-refractivity contribution in [3.63, 3.8) is 0 Å². The van der Waals surface area contributed by atoms with Gasteiger partial charge in [0, 0.05) is 36.5 Å². The van der Waals surface area contributed by atoms with Gasteiger partial charge in [0.05, 0.1) is 29.0 Å². The lowest BCUT2D eigenvalue weighted by Crippen LogP contribution is -2.33. The largest absolute Gasteiger partial charge is 0.449 e. The number of pyridine rings is 1. The van der Waals surface area contributed by atoms with E-state index in [-0.39, 0.29) is 5.75 Å². The molecule has 9 heteroatoms. The summed E-state index contributed by atoms with van der Waals surface area (Å²) in [4.78, 5) is 16.7. The molecule has 184 valence electrons. The van der Waals surface area contributed by atoms with E-state index in [2.05, 4.69) is 40.4 Å². The van der Waals surface area contributed by atoms with E-state index in [0.717, 1.165) is 45.9 Å². The van der Waals surface area contributed by atoms with Crippen molar-refractivity contribution in [3.05, 3.63) is 59.9 Å². The second-order valence-electron chi connectivity index (χ2n) is 9.59. The Morgan fingerprint density at radius 2 is 1.86 bits per heavy atom. The summed E-state index contributed by atoms with van der Waals surface area (Å²) in [6.07, 6.45) is 7.88. The van der Waals surface area contributed by atoms with Crippen molar-refractivity contribution in [2.45, 2.75) is 64.4 Å². The highest BCUT2D eigenvalue weighted by molar-refractivity contribution is 7.89. The molecule has 1 saturated heterocycles. The Balaban J connectivity index is 1.57. The van der Waals surface area contributed by atoms with Crippen LogP contribution in [0.1, 0.15) is 50.8 Å². The van der Waals surface area contributed by atoms with Crippen LogP contribution in [0, 0.1) is 0 Å². The molecular formula is C26H31N5O3S. The van der Waals surface area contributed by atoms with Crippen LogP contribution in [0.25, 0.3) is 22.4 Å². The minimum absolute atomic E-state index is 0.0171. The molecule has 0 N–H and O–H groups in total. The summed E-state index contributed by atoms with van der Waals surface area (Å²) < 4.78 is 31.3. The number of rotatable bonds is 7. The summed E-state index contributed by atoms with van der Waals surface area (Å²) in [7, 11) is -3.14. The second-order valence-corrected chi connectivity index (χ2v) is 11.7. The number of hydrogen-bond donors (Lipinski definition) is 0. The van der Waals surface area contributed by atoms with Crippen LogP contribution in [-0.2, 0) is 28.6 Å². The molecule has 4 aromatic rings. The summed E-state index contributed by atoms with van der Waals surface area (Å²) >= 11 is 0. The number of aryl methyl sites for hydroxylation is 1. The average molecular weight is 494 g/mol. The number of imidazole rings is 1. The molecule has 1 aromatic carbocycles. The first-order valence-electron chi connectivity index (χ1n) is 12.1. The molecule has 1 aliphatic rings. The van der Waals surface area contributed by atoms with Crippen molar-refractivity contribution in [1.29, 1.82) is 0 Å². The third kappa shape index (κ3) is 4.82. The molecule has 3 aromatic heterocycles. The minimum Gasteiger partial charge on any atom is -0.449 e. The lowest BCUT2D eigenvalue weighted by atomic mass is 10.2. The molecule has 0 bridgehead atoms. The van der Waals surface area contributed by atoms with Crippen LogP contribution in [0.5, 0.6) is 0 Å². The molecule has 5 rings (SSSR count). The fourth-order valence-corrected chi connectivity index (χ4v) is 5.80. The summed E-state index contributed by atoms with van der Waals surface area (Å²) in [5.74, 6) is 2.42. The lowest BCUT2D eigenvalue weighted by Gasteiger charge is -2.27. The van der Waals surface area contributed by atoms with Gasteiger partial charge in [-0.25, -0.2) is 23.4 Å². The van der Waals surface area contributed by atoms with Crippen LogP contribution in [-0.4, -0.2) is 46.3 Å². The van der Waals surface area contributed by atoms with Gasteiger partial charge < -0.3 is 13.9 Å². The van der Waals surface area contributed by atoms with Gasteiger partial charge in [0.25, 0.3) is 0 Å². The van der Waals surface area contributed by atoms with Crippen LogP contribution >= 0.6 is 0 Å².